The average Bonchev–Trinajstić information content (AvgIpc) is 2.88. The van der Waals surface area contributed by atoms with Crippen LogP contribution < -0.4 is 0 Å². The van der Waals surface area contributed by atoms with Crippen molar-refractivity contribution in [2.75, 3.05) is 0 Å². The molecule has 4 aromatic rings. The molecule has 0 aromatic heterocycles. The van der Waals surface area contributed by atoms with Gasteiger partial charge in [0.2, 0.25) is 0 Å². The average molecular weight is 418 g/mol. The predicted molar refractivity (Wildman–Crippen MR) is 121 cm³/mol. The summed E-state index contributed by atoms with van der Waals surface area (Å²) in [6, 6.07) is 28.2. The zero-order chi connectivity index (χ0) is 22.5. The van der Waals surface area contributed by atoms with E-state index in [1.54, 1.807) is 91.0 Å². The van der Waals surface area contributed by atoms with E-state index in [9.17, 15) is 19.2 Å². The van der Waals surface area contributed by atoms with Gasteiger partial charge in [0.05, 0.1) is 0 Å². The van der Waals surface area contributed by atoms with Gasteiger partial charge in [-0.05, 0) is 6.07 Å². The molecule has 154 valence electrons. The maximum absolute atomic E-state index is 13.6. The highest BCUT2D eigenvalue weighted by atomic mass is 16.1. The third kappa shape index (κ3) is 3.94. The van der Waals surface area contributed by atoms with Crippen molar-refractivity contribution in [1.82, 2.24) is 0 Å². The van der Waals surface area contributed by atoms with E-state index in [0.29, 0.717) is 23.0 Å². The minimum atomic E-state index is -0.493. The summed E-state index contributed by atoms with van der Waals surface area (Å²) in [6.45, 7) is 0. The van der Waals surface area contributed by atoms with Crippen molar-refractivity contribution < 1.29 is 19.2 Å². The van der Waals surface area contributed by atoms with Gasteiger partial charge in [-0.25, -0.2) is 0 Å². The molecule has 0 aliphatic heterocycles. The van der Waals surface area contributed by atoms with Gasteiger partial charge in [-0.2, -0.15) is 0 Å². The number of ketones is 3. The second-order valence-electron chi connectivity index (χ2n) is 7.16. The second kappa shape index (κ2) is 9.14. The highest BCUT2D eigenvalue weighted by molar-refractivity contribution is 6.27. The van der Waals surface area contributed by atoms with Crippen LogP contribution in [0, 0.1) is 0 Å². The predicted octanol–water partition coefficient (Wildman–Crippen LogP) is 5.19. The molecule has 0 bridgehead atoms. The first-order valence-electron chi connectivity index (χ1n) is 10.0. The van der Waals surface area contributed by atoms with Gasteiger partial charge in [-0.3, -0.25) is 19.2 Å². The number of aldehydes is 1. The van der Waals surface area contributed by atoms with Crippen LogP contribution in [0.1, 0.15) is 58.1 Å². The zero-order valence-electron chi connectivity index (χ0n) is 17.0. The second-order valence-corrected chi connectivity index (χ2v) is 7.16. The van der Waals surface area contributed by atoms with Crippen molar-refractivity contribution in [1.29, 1.82) is 0 Å². The Morgan fingerprint density at radius 1 is 0.469 bits per heavy atom. The summed E-state index contributed by atoms with van der Waals surface area (Å²) < 4.78 is 0. The summed E-state index contributed by atoms with van der Waals surface area (Å²) in [4.78, 5) is 52.3. The SMILES string of the molecule is O=Cc1ccc(C(=O)c2ccccc2)c(C(=O)c2ccccc2)c1C(=O)c1ccccc1. The number of hydrogen-bond donors (Lipinski definition) is 0. The molecule has 4 aromatic carbocycles. The number of carbonyl (C=O) groups is 4. The van der Waals surface area contributed by atoms with Gasteiger partial charge in [0.1, 0.15) is 0 Å². The monoisotopic (exact) mass is 418 g/mol. The number of hydrogen-bond acceptors (Lipinski definition) is 4. The van der Waals surface area contributed by atoms with Crippen LogP contribution in [-0.4, -0.2) is 23.6 Å². The lowest BCUT2D eigenvalue weighted by molar-refractivity contribution is 0.0988. The summed E-state index contributed by atoms with van der Waals surface area (Å²) in [7, 11) is 0. The number of carbonyl (C=O) groups excluding carboxylic acids is 4. The summed E-state index contributed by atoms with van der Waals surface area (Å²) in [5.74, 6) is -1.38. The highest BCUT2D eigenvalue weighted by Gasteiger charge is 2.28. The third-order valence-electron chi connectivity index (χ3n) is 5.17. The van der Waals surface area contributed by atoms with E-state index in [0.717, 1.165) is 0 Å². The molecule has 0 spiro atoms. The number of benzene rings is 4. The summed E-state index contributed by atoms with van der Waals surface area (Å²) >= 11 is 0. The maximum atomic E-state index is 13.6. The first-order chi connectivity index (χ1) is 15.6. The molecular weight excluding hydrogens is 400 g/mol. The van der Waals surface area contributed by atoms with Gasteiger partial charge >= 0.3 is 0 Å². The molecular formula is C28H18O4. The fraction of sp³-hybridized carbons (Fsp3) is 0. The third-order valence-corrected chi connectivity index (χ3v) is 5.17. The highest BCUT2D eigenvalue weighted by Crippen LogP contribution is 2.27. The van der Waals surface area contributed by atoms with Gasteiger partial charge in [0.25, 0.3) is 0 Å². The lowest BCUT2D eigenvalue weighted by atomic mass is 9.84. The van der Waals surface area contributed by atoms with Crippen LogP contribution in [0.15, 0.2) is 103 Å². The van der Waals surface area contributed by atoms with E-state index in [1.807, 2.05) is 0 Å². The Kier molecular flexibility index (Phi) is 5.95. The molecule has 4 rings (SSSR count). The topological polar surface area (TPSA) is 68.3 Å². The van der Waals surface area contributed by atoms with E-state index in [4.69, 9.17) is 0 Å². The Morgan fingerprint density at radius 2 is 0.875 bits per heavy atom. The van der Waals surface area contributed by atoms with Crippen LogP contribution in [-0.2, 0) is 0 Å². The van der Waals surface area contributed by atoms with Crippen LogP contribution in [0.2, 0.25) is 0 Å². The Morgan fingerprint density at radius 3 is 1.31 bits per heavy atom. The van der Waals surface area contributed by atoms with E-state index < -0.39 is 17.3 Å². The molecule has 0 radical (unpaired) electrons. The fourth-order valence-corrected chi connectivity index (χ4v) is 3.60. The molecule has 0 aliphatic rings. The van der Waals surface area contributed by atoms with Gasteiger partial charge in [-0.15, -0.1) is 0 Å². The fourth-order valence-electron chi connectivity index (χ4n) is 3.60. The Balaban J connectivity index is 2.01. The van der Waals surface area contributed by atoms with E-state index >= 15 is 0 Å². The lowest BCUT2D eigenvalue weighted by Crippen LogP contribution is -2.19. The molecule has 0 amide bonds. The van der Waals surface area contributed by atoms with Crippen molar-refractivity contribution in [3.8, 4) is 0 Å². The first-order valence-corrected chi connectivity index (χ1v) is 10.0. The maximum Gasteiger partial charge on any atom is 0.194 e. The van der Waals surface area contributed by atoms with Crippen molar-refractivity contribution in [3.05, 3.63) is 142 Å². The molecule has 0 heterocycles. The molecule has 0 aliphatic carbocycles. The van der Waals surface area contributed by atoms with Crippen LogP contribution >= 0.6 is 0 Å². The summed E-state index contributed by atoms with van der Waals surface area (Å²) in [6.07, 6.45) is 0.536. The van der Waals surface area contributed by atoms with Crippen molar-refractivity contribution in [2.24, 2.45) is 0 Å². The minimum absolute atomic E-state index is 0.0581. The lowest BCUT2D eigenvalue weighted by Gasteiger charge is -2.15. The van der Waals surface area contributed by atoms with Crippen LogP contribution in [0.25, 0.3) is 0 Å². The van der Waals surface area contributed by atoms with Gasteiger partial charge in [-0.1, -0.05) is 97.1 Å². The molecule has 32 heavy (non-hydrogen) atoms. The summed E-state index contributed by atoms with van der Waals surface area (Å²) in [5.41, 5.74) is 1.02. The van der Waals surface area contributed by atoms with Crippen molar-refractivity contribution >= 4 is 23.6 Å². The Hall–Kier alpha value is -4.44. The zero-order valence-corrected chi connectivity index (χ0v) is 17.0. The molecule has 0 saturated carbocycles. The first kappa shape index (κ1) is 20.8. The molecule has 4 heteroatoms. The standard InChI is InChI=1S/C28H18O4/c29-18-22-16-17-23(26(30)19-10-4-1-5-11-19)25(28(32)21-14-8-3-9-15-21)24(22)27(31)20-12-6-2-7-13-20/h1-18H. The van der Waals surface area contributed by atoms with Crippen LogP contribution in [0.3, 0.4) is 0 Å². The summed E-state index contributed by atoms with van der Waals surface area (Å²) in [5, 5.41) is 0. The van der Waals surface area contributed by atoms with Crippen LogP contribution in [0.5, 0.6) is 0 Å². The van der Waals surface area contributed by atoms with E-state index in [-0.39, 0.29) is 22.3 Å². The minimum Gasteiger partial charge on any atom is -0.298 e. The normalized spacial score (nSPS) is 10.4. The molecule has 0 atom stereocenters. The molecule has 4 nitrogen and oxygen atoms in total. The molecule has 0 fully saturated rings. The number of rotatable bonds is 7. The molecule has 0 N–H and O–H groups in total. The van der Waals surface area contributed by atoms with Crippen molar-refractivity contribution in [2.45, 2.75) is 0 Å². The van der Waals surface area contributed by atoms with Gasteiger partial charge in [0.15, 0.2) is 23.6 Å². The molecule has 0 unspecified atom stereocenters. The van der Waals surface area contributed by atoms with E-state index in [2.05, 4.69) is 0 Å². The molecule has 0 saturated heterocycles. The van der Waals surface area contributed by atoms with Gasteiger partial charge < -0.3 is 0 Å². The van der Waals surface area contributed by atoms with E-state index in [1.165, 1.54) is 12.1 Å². The van der Waals surface area contributed by atoms with Crippen LogP contribution in [0.4, 0.5) is 0 Å². The Bertz CT molecular complexity index is 1310. The Labute approximate surface area is 185 Å². The van der Waals surface area contributed by atoms with Gasteiger partial charge in [0, 0.05) is 38.9 Å². The largest absolute Gasteiger partial charge is 0.298 e. The van der Waals surface area contributed by atoms with Crippen molar-refractivity contribution in [3.63, 3.8) is 0 Å². The smallest absolute Gasteiger partial charge is 0.194 e. The quantitative estimate of drug-likeness (QED) is 0.306.